The van der Waals surface area contributed by atoms with Gasteiger partial charge in [-0.3, -0.25) is 4.79 Å². The minimum absolute atomic E-state index is 0.0867. The largest absolute Gasteiger partial charge is 0.497 e. The van der Waals surface area contributed by atoms with Crippen molar-refractivity contribution in [2.24, 2.45) is 0 Å². The summed E-state index contributed by atoms with van der Waals surface area (Å²) in [6.07, 6.45) is 0. The molecule has 2 aromatic carbocycles. The zero-order valence-corrected chi connectivity index (χ0v) is 18.3. The van der Waals surface area contributed by atoms with Crippen molar-refractivity contribution in [2.45, 2.75) is 20.1 Å². The lowest BCUT2D eigenvalue weighted by Crippen LogP contribution is -2.33. The third kappa shape index (κ3) is 6.05. The average Bonchev–Trinajstić information content (AvgIpc) is 3.23. The van der Waals surface area contributed by atoms with Crippen molar-refractivity contribution in [1.82, 2.24) is 9.88 Å². The Kier molecular flexibility index (Phi) is 7.82. The molecule has 0 radical (unpaired) electrons. The molecular formula is C23H26N2O4S. The summed E-state index contributed by atoms with van der Waals surface area (Å²) >= 11 is 1.53. The van der Waals surface area contributed by atoms with Crippen LogP contribution in [0.5, 0.6) is 11.5 Å². The van der Waals surface area contributed by atoms with Gasteiger partial charge in [-0.1, -0.05) is 23.8 Å². The van der Waals surface area contributed by atoms with Gasteiger partial charge in [0.05, 0.1) is 26.0 Å². The summed E-state index contributed by atoms with van der Waals surface area (Å²) in [6.45, 7) is 3.76. The number of aromatic nitrogens is 1. The Hall–Kier alpha value is -2.90. The summed E-state index contributed by atoms with van der Waals surface area (Å²) < 4.78 is 16.2. The Bertz CT molecular complexity index is 956. The molecule has 0 aliphatic carbocycles. The number of hydrogen-bond acceptors (Lipinski definition) is 6. The van der Waals surface area contributed by atoms with Crippen LogP contribution in [-0.4, -0.2) is 43.2 Å². The normalized spacial score (nSPS) is 10.6. The molecule has 30 heavy (non-hydrogen) atoms. The number of amides is 1. The molecular weight excluding hydrogens is 400 g/mol. The van der Waals surface area contributed by atoms with Crippen molar-refractivity contribution in [3.05, 3.63) is 75.7 Å². The van der Waals surface area contributed by atoms with E-state index in [9.17, 15) is 4.79 Å². The second kappa shape index (κ2) is 10.8. The number of hydrogen-bond donors (Lipinski definition) is 0. The van der Waals surface area contributed by atoms with Gasteiger partial charge in [-0.05, 0) is 37.3 Å². The van der Waals surface area contributed by atoms with Crippen LogP contribution in [0, 0.1) is 6.92 Å². The Morgan fingerprint density at radius 3 is 2.63 bits per heavy atom. The van der Waals surface area contributed by atoms with E-state index in [0.29, 0.717) is 37.6 Å². The maximum absolute atomic E-state index is 13.0. The van der Waals surface area contributed by atoms with E-state index in [2.05, 4.69) is 4.98 Å². The Morgan fingerprint density at radius 2 is 1.90 bits per heavy atom. The van der Waals surface area contributed by atoms with Gasteiger partial charge in [0.25, 0.3) is 5.91 Å². The smallest absolute Gasteiger partial charge is 0.254 e. The zero-order valence-electron chi connectivity index (χ0n) is 17.5. The molecule has 0 aliphatic heterocycles. The monoisotopic (exact) mass is 426 g/mol. The lowest BCUT2D eigenvalue weighted by atomic mass is 10.2. The molecule has 6 nitrogen and oxygen atoms in total. The van der Waals surface area contributed by atoms with E-state index in [-0.39, 0.29) is 5.91 Å². The van der Waals surface area contributed by atoms with Crippen molar-refractivity contribution in [2.75, 3.05) is 27.4 Å². The lowest BCUT2D eigenvalue weighted by molar-refractivity contribution is 0.0678. The highest BCUT2D eigenvalue weighted by Gasteiger charge is 2.18. The molecule has 1 heterocycles. The fourth-order valence-electron chi connectivity index (χ4n) is 2.86. The Labute approximate surface area is 181 Å². The molecule has 1 aromatic heterocycles. The van der Waals surface area contributed by atoms with E-state index < -0.39 is 0 Å². The first kappa shape index (κ1) is 21.8. The number of methoxy groups -OCH3 is 2. The van der Waals surface area contributed by atoms with Crippen molar-refractivity contribution in [1.29, 1.82) is 0 Å². The van der Waals surface area contributed by atoms with Crippen LogP contribution >= 0.6 is 11.3 Å². The van der Waals surface area contributed by atoms with E-state index in [1.807, 2.05) is 48.7 Å². The standard InChI is InChI=1S/C23H26N2O4S/c1-17-7-9-20(10-8-17)29-15-22-24-19(16-30-22)14-25(11-12-27-2)23(26)18-5-4-6-21(13-18)28-3/h4-10,13,16H,11-12,14-15H2,1-3H3. The number of aryl methyl sites for hydroxylation is 1. The molecule has 0 bridgehead atoms. The minimum Gasteiger partial charge on any atom is -0.497 e. The number of ether oxygens (including phenoxy) is 3. The molecule has 1 amide bonds. The summed E-state index contributed by atoms with van der Waals surface area (Å²) in [7, 11) is 3.21. The second-order valence-corrected chi connectivity index (χ2v) is 7.73. The van der Waals surface area contributed by atoms with Gasteiger partial charge in [-0.15, -0.1) is 11.3 Å². The molecule has 0 unspecified atom stereocenters. The molecule has 158 valence electrons. The van der Waals surface area contributed by atoms with Crippen LogP contribution in [0.15, 0.2) is 53.9 Å². The van der Waals surface area contributed by atoms with E-state index in [1.165, 1.54) is 16.9 Å². The van der Waals surface area contributed by atoms with Gasteiger partial charge < -0.3 is 19.1 Å². The predicted octanol–water partition coefficient (Wildman–Crippen LogP) is 4.33. The van der Waals surface area contributed by atoms with Crippen molar-refractivity contribution in [3.63, 3.8) is 0 Å². The third-order valence-corrected chi connectivity index (χ3v) is 5.38. The highest BCUT2D eigenvalue weighted by molar-refractivity contribution is 7.09. The first-order chi connectivity index (χ1) is 14.6. The Morgan fingerprint density at radius 1 is 1.10 bits per heavy atom. The number of benzene rings is 2. The highest BCUT2D eigenvalue weighted by Crippen LogP contribution is 2.19. The maximum Gasteiger partial charge on any atom is 0.254 e. The zero-order chi connectivity index (χ0) is 21.3. The Balaban J connectivity index is 1.65. The molecule has 0 saturated carbocycles. The van der Waals surface area contributed by atoms with Crippen LogP contribution in [0.2, 0.25) is 0 Å². The highest BCUT2D eigenvalue weighted by atomic mass is 32.1. The van der Waals surface area contributed by atoms with E-state index in [1.54, 1.807) is 31.3 Å². The number of thiazole rings is 1. The van der Waals surface area contributed by atoms with Gasteiger partial charge in [0.1, 0.15) is 23.1 Å². The summed E-state index contributed by atoms with van der Waals surface area (Å²) in [4.78, 5) is 19.4. The van der Waals surface area contributed by atoms with E-state index in [4.69, 9.17) is 14.2 Å². The first-order valence-corrected chi connectivity index (χ1v) is 10.5. The van der Waals surface area contributed by atoms with Crippen molar-refractivity contribution < 1.29 is 19.0 Å². The number of rotatable bonds is 10. The van der Waals surface area contributed by atoms with Crippen LogP contribution in [0.4, 0.5) is 0 Å². The van der Waals surface area contributed by atoms with Crippen LogP contribution < -0.4 is 9.47 Å². The number of carbonyl (C=O) groups excluding carboxylic acids is 1. The SMILES string of the molecule is COCCN(Cc1csc(COc2ccc(C)cc2)n1)C(=O)c1cccc(OC)c1. The van der Waals surface area contributed by atoms with Crippen LogP contribution in [-0.2, 0) is 17.9 Å². The molecule has 0 aliphatic rings. The summed E-state index contributed by atoms with van der Waals surface area (Å²) in [5.41, 5.74) is 2.59. The van der Waals surface area contributed by atoms with Crippen LogP contribution in [0.1, 0.15) is 26.6 Å². The fraction of sp³-hybridized carbons (Fsp3) is 0.304. The summed E-state index contributed by atoms with van der Waals surface area (Å²) in [5, 5.41) is 2.83. The molecule has 3 rings (SSSR count). The topological polar surface area (TPSA) is 60.9 Å². The molecule has 0 atom stereocenters. The van der Waals surface area contributed by atoms with Gasteiger partial charge in [0, 0.05) is 24.6 Å². The molecule has 7 heteroatoms. The molecule has 0 spiro atoms. The average molecular weight is 427 g/mol. The predicted molar refractivity (Wildman–Crippen MR) is 117 cm³/mol. The third-order valence-electron chi connectivity index (χ3n) is 4.50. The lowest BCUT2D eigenvalue weighted by Gasteiger charge is -2.21. The van der Waals surface area contributed by atoms with Crippen LogP contribution in [0.25, 0.3) is 0 Å². The van der Waals surface area contributed by atoms with Gasteiger partial charge in [-0.25, -0.2) is 4.98 Å². The summed E-state index contributed by atoms with van der Waals surface area (Å²) in [5.74, 6) is 1.38. The van der Waals surface area contributed by atoms with Gasteiger partial charge >= 0.3 is 0 Å². The van der Waals surface area contributed by atoms with Gasteiger partial charge in [0.15, 0.2) is 0 Å². The quantitative estimate of drug-likeness (QED) is 0.483. The maximum atomic E-state index is 13.0. The van der Waals surface area contributed by atoms with Crippen molar-refractivity contribution >= 4 is 17.2 Å². The molecule has 0 fully saturated rings. The minimum atomic E-state index is -0.0867. The number of carbonyl (C=O) groups is 1. The fourth-order valence-corrected chi connectivity index (χ4v) is 3.55. The van der Waals surface area contributed by atoms with Gasteiger partial charge in [0.2, 0.25) is 0 Å². The number of nitrogens with zero attached hydrogens (tertiary/aromatic N) is 2. The second-order valence-electron chi connectivity index (χ2n) is 6.79. The van der Waals surface area contributed by atoms with E-state index >= 15 is 0 Å². The molecule has 0 saturated heterocycles. The van der Waals surface area contributed by atoms with Gasteiger partial charge in [-0.2, -0.15) is 0 Å². The summed E-state index contributed by atoms with van der Waals surface area (Å²) in [6, 6.07) is 15.1. The van der Waals surface area contributed by atoms with Crippen molar-refractivity contribution in [3.8, 4) is 11.5 Å². The van der Waals surface area contributed by atoms with Crippen LogP contribution in [0.3, 0.4) is 0 Å². The molecule has 3 aromatic rings. The van der Waals surface area contributed by atoms with E-state index in [0.717, 1.165) is 16.5 Å². The first-order valence-electron chi connectivity index (χ1n) is 9.64. The molecule has 0 N–H and O–H groups in total.